The largest absolute Gasteiger partial charge is 0.385 e. The van der Waals surface area contributed by atoms with Gasteiger partial charge in [-0.05, 0) is 37.5 Å². The van der Waals surface area contributed by atoms with E-state index in [9.17, 15) is 14.0 Å². The molecule has 6 heteroatoms. The van der Waals surface area contributed by atoms with Gasteiger partial charge < -0.3 is 14.5 Å². The van der Waals surface area contributed by atoms with E-state index in [1.807, 2.05) is 0 Å². The zero-order valence-corrected chi connectivity index (χ0v) is 13.6. The van der Waals surface area contributed by atoms with Crippen LogP contribution < -0.4 is 0 Å². The Morgan fingerprint density at radius 2 is 2.09 bits per heavy atom. The maximum absolute atomic E-state index is 13.2. The maximum Gasteiger partial charge on any atom is 0.245 e. The quantitative estimate of drug-likeness (QED) is 0.720. The minimum atomic E-state index is -0.479. The van der Waals surface area contributed by atoms with Crippen molar-refractivity contribution in [1.82, 2.24) is 9.80 Å². The first-order valence-corrected chi connectivity index (χ1v) is 7.84. The van der Waals surface area contributed by atoms with Crippen molar-refractivity contribution in [2.75, 3.05) is 26.8 Å². The molecule has 0 saturated carbocycles. The number of amides is 2. The molecule has 5 nitrogen and oxygen atoms in total. The van der Waals surface area contributed by atoms with Crippen LogP contribution in [0.3, 0.4) is 0 Å². The van der Waals surface area contributed by atoms with Crippen LogP contribution in [0.5, 0.6) is 0 Å². The summed E-state index contributed by atoms with van der Waals surface area (Å²) in [7, 11) is 1.64. The minimum Gasteiger partial charge on any atom is -0.385 e. The summed E-state index contributed by atoms with van der Waals surface area (Å²) >= 11 is 0. The van der Waals surface area contributed by atoms with Crippen LogP contribution in [0.15, 0.2) is 24.3 Å². The lowest BCUT2D eigenvalue weighted by Gasteiger charge is -2.38. The number of halogens is 1. The van der Waals surface area contributed by atoms with Crippen molar-refractivity contribution in [3.05, 3.63) is 35.6 Å². The molecule has 2 rings (SSSR count). The van der Waals surface area contributed by atoms with E-state index in [1.54, 1.807) is 31.1 Å². The molecule has 2 amide bonds. The summed E-state index contributed by atoms with van der Waals surface area (Å²) in [5.41, 5.74) is 0.687. The van der Waals surface area contributed by atoms with E-state index >= 15 is 0 Å². The van der Waals surface area contributed by atoms with E-state index in [0.717, 1.165) is 12.8 Å². The van der Waals surface area contributed by atoms with E-state index in [0.29, 0.717) is 18.7 Å². The zero-order chi connectivity index (χ0) is 16.8. The second-order valence-corrected chi connectivity index (χ2v) is 5.79. The summed E-state index contributed by atoms with van der Waals surface area (Å²) in [5, 5.41) is 0. The standard InChI is InChI=1S/C17H23FN2O3/c1-13-17(22)19(11-14-6-5-7-15(18)10-14)12-16(21)20(13)8-3-4-9-23-2/h5-7,10,13H,3-4,8-9,11-12H2,1-2H3/t13-/m0/s1. The summed E-state index contributed by atoms with van der Waals surface area (Å²) in [5.74, 6) is -0.502. The van der Waals surface area contributed by atoms with Crippen molar-refractivity contribution in [1.29, 1.82) is 0 Å². The second-order valence-electron chi connectivity index (χ2n) is 5.79. The highest BCUT2D eigenvalue weighted by Crippen LogP contribution is 2.17. The first-order chi connectivity index (χ1) is 11.0. The molecule has 0 N–H and O–H groups in total. The highest BCUT2D eigenvalue weighted by atomic mass is 19.1. The van der Waals surface area contributed by atoms with Crippen molar-refractivity contribution < 1.29 is 18.7 Å². The van der Waals surface area contributed by atoms with Crippen LogP contribution in [-0.4, -0.2) is 54.5 Å². The van der Waals surface area contributed by atoms with Gasteiger partial charge in [0.25, 0.3) is 0 Å². The number of hydrogen-bond donors (Lipinski definition) is 0. The lowest BCUT2D eigenvalue weighted by atomic mass is 10.1. The van der Waals surface area contributed by atoms with Gasteiger partial charge in [-0.1, -0.05) is 12.1 Å². The predicted molar refractivity (Wildman–Crippen MR) is 84.1 cm³/mol. The number of benzene rings is 1. The van der Waals surface area contributed by atoms with Crippen molar-refractivity contribution in [2.45, 2.75) is 32.4 Å². The third-order valence-electron chi connectivity index (χ3n) is 4.04. The Morgan fingerprint density at radius 1 is 1.30 bits per heavy atom. The Balaban J connectivity index is 1.96. The van der Waals surface area contributed by atoms with Crippen molar-refractivity contribution in [2.24, 2.45) is 0 Å². The van der Waals surface area contributed by atoms with Gasteiger partial charge in [-0.15, -0.1) is 0 Å². The van der Waals surface area contributed by atoms with Gasteiger partial charge in [0.2, 0.25) is 11.8 Å². The Bertz CT molecular complexity index is 565. The summed E-state index contributed by atoms with van der Waals surface area (Å²) < 4.78 is 18.2. The highest BCUT2D eigenvalue weighted by molar-refractivity contribution is 5.94. The molecule has 0 aromatic heterocycles. The van der Waals surface area contributed by atoms with Crippen LogP contribution in [-0.2, 0) is 20.9 Å². The molecule has 0 unspecified atom stereocenters. The number of piperazine rings is 1. The number of hydrogen-bond acceptors (Lipinski definition) is 3. The molecule has 1 fully saturated rings. The van der Waals surface area contributed by atoms with Gasteiger partial charge >= 0.3 is 0 Å². The van der Waals surface area contributed by atoms with Crippen LogP contribution in [0.1, 0.15) is 25.3 Å². The molecule has 1 aromatic rings. The van der Waals surface area contributed by atoms with Gasteiger partial charge in [-0.25, -0.2) is 4.39 Å². The molecule has 23 heavy (non-hydrogen) atoms. The SMILES string of the molecule is COCCCCN1C(=O)CN(Cc2cccc(F)c2)C(=O)[C@@H]1C. The maximum atomic E-state index is 13.2. The average molecular weight is 322 g/mol. The third-order valence-corrected chi connectivity index (χ3v) is 4.04. The van der Waals surface area contributed by atoms with E-state index in [1.165, 1.54) is 17.0 Å². The average Bonchev–Trinajstić information content (AvgIpc) is 2.52. The molecule has 1 heterocycles. The molecule has 1 atom stereocenters. The molecule has 0 aliphatic carbocycles. The molecule has 1 aromatic carbocycles. The van der Waals surface area contributed by atoms with Gasteiger partial charge in [-0.3, -0.25) is 9.59 Å². The van der Waals surface area contributed by atoms with Gasteiger partial charge in [0.15, 0.2) is 0 Å². The first-order valence-electron chi connectivity index (χ1n) is 7.84. The molecule has 1 saturated heterocycles. The molecular formula is C17H23FN2O3. The monoisotopic (exact) mass is 322 g/mol. The number of unbranched alkanes of at least 4 members (excludes halogenated alkanes) is 1. The fraction of sp³-hybridized carbons (Fsp3) is 0.529. The van der Waals surface area contributed by atoms with Crippen LogP contribution in [0.25, 0.3) is 0 Å². The first kappa shape index (κ1) is 17.4. The normalized spacial score (nSPS) is 18.7. The van der Waals surface area contributed by atoms with Crippen LogP contribution in [0, 0.1) is 5.82 Å². The summed E-state index contributed by atoms with van der Waals surface area (Å²) in [6.45, 7) is 3.25. The molecule has 1 aliphatic rings. The highest BCUT2D eigenvalue weighted by Gasteiger charge is 2.35. The molecular weight excluding hydrogens is 299 g/mol. The predicted octanol–water partition coefficient (Wildman–Crippen LogP) is 1.81. The fourth-order valence-corrected chi connectivity index (χ4v) is 2.78. The Kier molecular flexibility index (Phi) is 6.10. The van der Waals surface area contributed by atoms with E-state index < -0.39 is 6.04 Å². The number of ether oxygens (including phenoxy) is 1. The lowest BCUT2D eigenvalue weighted by Crippen LogP contribution is -2.58. The Labute approximate surface area is 136 Å². The van der Waals surface area contributed by atoms with E-state index in [-0.39, 0.29) is 30.7 Å². The third kappa shape index (κ3) is 4.51. The van der Waals surface area contributed by atoms with Crippen molar-refractivity contribution in [3.63, 3.8) is 0 Å². The van der Waals surface area contributed by atoms with Crippen LogP contribution in [0.2, 0.25) is 0 Å². The second kappa shape index (κ2) is 8.06. The van der Waals surface area contributed by atoms with Crippen LogP contribution in [0.4, 0.5) is 4.39 Å². The number of rotatable bonds is 7. The minimum absolute atomic E-state index is 0.0456. The summed E-state index contributed by atoms with van der Waals surface area (Å²) in [6.07, 6.45) is 1.66. The van der Waals surface area contributed by atoms with Gasteiger partial charge in [-0.2, -0.15) is 0 Å². The Morgan fingerprint density at radius 3 is 2.78 bits per heavy atom. The van der Waals surface area contributed by atoms with Gasteiger partial charge in [0, 0.05) is 26.8 Å². The summed E-state index contributed by atoms with van der Waals surface area (Å²) in [6, 6.07) is 5.62. The number of carbonyl (C=O) groups is 2. The van der Waals surface area contributed by atoms with Gasteiger partial charge in [0.05, 0.1) is 0 Å². The van der Waals surface area contributed by atoms with E-state index in [4.69, 9.17) is 4.74 Å². The number of methoxy groups -OCH3 is 1. The molecule has 0 spiro atoms. The van der Waals surface area contributed by atoms with Crippen molar-refractivity contribution in [3.8, 4) is 0 Å². The molecule has 0 bridgehead atoms. The molecule has 126 valence electrons. The zero-order valence-electron chi connectivity index (χ0n) is 13.6. The summed E-state index contributed by atoms with van der Waals surface area (Å²) in [4.78, 5) is 27.9. The molecule has 1 aliphatic heterocycles. The smallest absolute Gasteiger partial charge is 0.245 e. The van der Waals surface area contributed by atoms with Gasteiger partial charge in [0.1, 0.15) is 18.4 Å². The number of carbonyl (C=O) groups excluding carboxylic acids is 2. The lowest BCUT2D eigenvalue weighted by molar-refractivity contribution is -0.155. The van der Waals surface area contributed by atoms with E-state index in [2.05, 4.69) is 0 Å². The Hall–Kier alpha value is -1.95. The molecule has 0 radical (unpaired) electrons. The van der Waals surface area contributed by atoms with Crippen molar-refractivity contribution >= 4 is 11.8 Å². The fourth-order valence-electron chi connectivity index (χ4n) is 2.78. The van der Waals surface area contributed by atoms with Crippen LogP contribution >= 0.6 is 0 Å². The topological polar surface area (TPSA) is 49.9 Å². The number of nitrogens with zero attached hydrogens (tertiary/aromatic N) is 2.